The summed E-state index contributed by atoms with van der Waals surface area (Å²) >= 11 is 8.17. The number of imidazole rings is 1. The number of para-hydroxylation sites is 2. The van der Waals surface area contributed by atoms with Crippen LogP contribution in [-0.4, -0.2) is 19.8 Å². The van der Waals surface area contributed by atoms with Gasteiger partial charge in [0.2, 0.25) is 0 Å². The third kappa shape index (κ3) is 2.10. The lowest BCUT2D eigenvalue weighted by Crippen LogP contribution is -1.80. The van der Waals surface area contributed by atoms with Gasteiger partial charge in [0.1, 0.15) is 3.53 Å². The maximum absolute atomic E-state index is 5.11. The largest absolute Gasteiger partial charge is 0.333 e. The van der Waals surface area contributed by atoms with Gasteiger partial charge in [0.25, 0.3) is 0 Å². The first kappa shape index (κ1) is 10.0. The average molecular weight is 240 g/mol. The van der Waals surface area contributed by atoms with E-state index in [0.717, 1.165) is 19.7 Å². The number of aromatic nitrogens is 2. The number of benzene rings is 1. The molecule has 2 nitrogen and oxygen atoms in total. The maximum atomic E-state index is 5.11. The van der Waals surface area contributed by atoms with Gasteiger partial charge in [-0.05, 0) is 30.2 Å². The van der Waals surface area contributed by atoms with Crippen molar-refractivity contribution in [1.82, 2.24) is 9.97 Å². The molecular formula is C9H8N2S3. The summed E-state index contributed by atoms with van der Waals surface area (Å²) in [6.07, 6.45) is 1.97. The molecule has 0 saturated heterocycles. The SMILES string of the molecule is CSC(=S)Sc1nc2ccccc2[nH]1. The van der Waals surface area contributed by atoms with Gasteiger partial charge in [0, 0.05) is 0 Å². The number of aromatic amines is 1. The van der Waals surface area contributed by atoms with Crippen molar-refractivity contribution in [3.63, 3.8) is 0 Å². The molecule has 2 aromatic rings. The molecule has 5 heteroatoms. The second kappa shape index (κ2) is 4.33. The number of rotatable bonds is 1. The third-order valence-corrected chi connectivity index (χ3v) is 4.10. The fraction of sp³-hybridized carbons (Fsp3) is 0.111. The fourth-order valence-electron chi connectivity index (χ4n) is 1.10. The van der Waals surface area contributed by atoms with Gasteiger partial charge < -0.3 is 4.98 Å². The molecule has 0 atom stereocenters. The number of nitrogens with one attached hydrogen (secondary N) is 1. The van der Waals surface area contributed by atoms with Crippen molar-refractivity contribution in [2.75, 3.05) is 6.26 Å². The molecule has 1 aromatic heterocycles. The van der Waals surface area contributed by atoms with Crippen LogP contribution in [-0.2, 0) is 0 Å². The Labute approximate surface area is 95.9 Å². The summed E-state index contributed by atoms with van der Waals surface area (Å²) in [7, 11) is 0. The van der Waals surface area contributed by atoms with Crippen molar-refractivity contribution in [3.05, 3.63) is 24.3 Å². The summed E-state index contributed by atoms with van der Waals surface area (Å²) in [6.45, 7) is 0. The first-order chi connectivity index (χ1) is 6.79. The van der Waals surface area contributed by atoms with Crippen LogP contribution in [0.1, 0.15) is 0 Å². The zero-order valence-electron chi connectivity index (χ0n) is 7.48. The summed E-state index contributed by atoms with van der Waals surface area (Å²) in [5.41, 5.74) is 2.04. The predicted octanol–water partition coefficient (Wildman–Crippen LogP) is 3.30. The molecule has 1 N–H and O–H groups in total. The molecule has 2 rings (SSSR count). The number of thioether (sulfide) groups is 2. The van der Waals surface area contributed by atoms with Gasteiger partial charge in [-0.15, -0.1) is 11.8 Å². The van der Waals surface area contributed by atoms with E-state index in [1.165, 1.54) is 11.8 Å². The van der Waals surface area contributed by atoms with Crippen molar-refractivity contribution < 1.29 is 0 Å². The van der Waals surface area contributed by atoms with E-state index in [1.54, 1.807) is 11.8 Å². The monoisotopic (exact) mass is 240 g/mol. The van der Waals surface area contributed by atoms with Crippen molar-refractivity contribution in [1.29, 1.82) is 0 Å². The molecule has 0 spiro atoms. The van der Waals surface area contributed by atoms with Gasteiger partial charge >= 0.3 is 0 Å². The van der Waals surface area contributed by atoms with Gasteiger partial charge in [-0.3, -0.25) is 0 Å². The lowest BCUT2D eigenvalue weighted by Gasteiger charge is -1.93. The quantitative estimate of drug-likeness (QED) is 0.611. The molecule has 0 aliphatic heterocycles. The average Bonchev–Trinajstić information content (AvgIpc) is 2.59. The van der Waals surface area contributed by atoms with Crippen molar-refractivity contribution in [2.45, 2.75) is 5.16 Å². The Kier molecular flexibility index (Phi) is 3.10. The lowest BCUT2D eigenvalue weighted by atomic mass is 10.3. The number of thiocarbonyl (C=S) groups is 1. The minimum Gasteiger partial charge on any atom is -0.333 e. The highest BCUT2D eigenvalue weighted by molar-refractivity contribution is 8.46. The van der Waals surface area contributed by atoms with Crippen LogP contribution in [0, 0.1) is 0 Å². The summed E-state index contributed by atoms with van der Waals surface area (Å²) in [5, 5.41) is 0.866. The van der Waals surface area contributed by atoms with E-state index < -0.39 is 0 Å². The van der Waals surface area contributed by atoms with Crippen LogP contribution in [0.2, 0.25) is 0 Å². The van der Waals surface area contributed by atoms with Crippen LogP contribution in [0.4, 0.5) is 0 Å². The molecule has 72 valence electrons. The molecule has 0 radical (unpaired) electrons. The molecule has 0 fully saturated rings. The zero-order chi connectivity index (χ0) is 9.97. The molecule has 0 saturated carbocycles. The Balaban J connectivity index is 2.31. The van der Waals surface area contributed by atoms with E-state index >= 15 is 0 Å². The van der Waals surface area contributed by atoms with Crippen LogP contribution >= 0.6 is 35.7 Å². The Morgan fingerprint density at radius 3 is 2.93 bits per heavy atom. The number of nitrogens with zero attached hydrogens (tertiary/aromatic N) is 1. The van der Waals surface area contributed by atoms with Gasteiger partial charge in [-0.25, -0.2) is 4.98 Å². The molecule has 0 unspecified atom stereocenters. The highest BCUT2D eigenvalue weighted by Gasteiger charge is 2.04. The summed E-state index contributed by atoms with van der Waals surface area (Å²) < 4.78 is 0.879. The molecule has 14 heavy (non-hydrogen) atoms. The van der Waals surface area contributed by atoms with E-state index in [0.29, 0.717) is 0 Å². The second-order valence-corrected chi connectivity index (χ2v) is 5.61. The number of hydrogen-bond donors (Lipinski definition) is 1. The Morgan fingerprint density at radius 2 is 2.21 bits per heavy atom. The number of hydrogen-bond acceptors (Lipinski definition) is 4. The highest BCUT2D eigenvalue weighted by atomic mass is 32.2. The van der Waals surface area contributed by atoms with E-state index in [4.69, 9.17) is 12.2 Å². The fourth-order valence-corrected chi connectivity index (χ4v) is 2.37. The van der Waals surface area contributed by atoms with Crippen LogP contribution in [0.15, 0.2) is 29.4 Å². The van der Waals surface area contributed by atoms with Gasteiger partial charge in [-0.2, -0.15) is 0 Å². The lowest BCUT2D eigenvalue weighted by molar-refractivity contribution is 1.09. The van der Waals surface area contributed by atoms with Crippen LogP contribution in [0.5, 0.6) is 0 Å². The van der Waals surface area contributed by atoms with Gasteiger partial charge in [0.15, 0.2) is 5.16 Å². The minimum absolute atomic E-state index is 0.866. The minimum atomic E-state index is 0.866. The first-order valence-electron chi connectivity index (χ1n) is 4.00. The van der Waals surface area contributed by atoms with E-state index in [9.17, 15) is 0 Å². The summed E-state index contributed by atoms with van der Waals surface area (Å²) in [6, 6.07) is 7.96. The van der Waals surface area contributed by atoms with Gasteiger partial charge in [-0.1, -0.05) is 24.4 Å². The topological polar surface area (TPSA) is 28.7 Å². The van der Waals surface area contributed by atoms with E-state index in [2.05, 4.69) is 9.97 Å². The van der Waals surface area contributed by atoms with E-state index in [-0.39, 0.29) is 0 Å². The molecule has 0 bridgehead atoms. The Bertz CT molecular complexity index is 431. The van der Waals surface area contributed by atoms with Crippen molar-refractivity contribution >= 4 is 50.3 Å². The van der Waals surface area contributed by atoms with Crippen LogP contribution in [0.25, 0.3) is 11.0 Å². The second-order valence-electron chi connectivity index (χ2n) is 2.62. The van der Waals surface area contributed by atoms with Gasteiger partial charge in [0.05, 0.1) is 11.0 Å². The molecule has 0 aliphatic rings. The molecule has 1 heterocycles. The third-order valence-electron chi connectivity index (χ3n) is 1.71. The van der Waals surface area contributed by atoms with E-state index in [1.807, 2.05) is 30.5 Å². The molecule has 0 amide bonds. The molecule has 1 aromatic carbocycles. The zero-order valence-corrected chi connectivity index (χ0v) is 9.93. The summed E-state index contributed by atoms with van der Waals surface area (Å²) in [4.78, 5) is 7.62. The maximum Gasteiger partial charge on any atom is 0.172 e. The van der Waals surface area contributed by atoms with Crippen molar-refractivity contribution in [3.8, 4) is 0 Å². The predicted molar refractivity (Wildman–Crippen MR) is 68.1 cm³/mol. The first-order valence-corrected chi connectivity index (χ1v) is 6.45. The highest BCUT2D eigenvalue weighted by Crippen LogP contribution is 2.24. The summed E-state index contributed by atoms with van der Waals surface area (Å²) in [5.74, 6) is 0. The standard InChI is InChI=1S/C9H8N2S3/c1-13-9(12)14-8-10-6-4-2-3-5-7(6)11-8/h2-5H,1H3,(H,10,11). The number of fused-ring (bicyclic) bond motifs is 1. The Hall–Kier alpha value is -0.520. The molecular weight excluding hydrogens is 232 g/mol. The smallest absolute Gasteiger partial charge is 0.172 e. The van der Waals surface area contributed by atoms with Crippen LogP contribution < -0.4 is 0 Å². The normalized spacial score (nSPS) is 10.6. The Morgan fingerprint density at radius 1 is 1.43 bits per heavy atom. The molecule has 0 aliphatic carbocycles. The number of H-pyrrole nitrogens is 1. The van der Waals surface area contributed by atoms with Crippen molar-refractivity contribution in [2.24, 2.45) is 0 Å². The van der Waals surface area contributed by atoms with Crippen LogP contribution in [0.3, 0.4) is 0 Å².